The second-order valence-corrected chi connectivity index (χ2v) is 3.15. The van der Waals surface area contributed by atoms with Crippen molar-refractivity contribution in [1.82, 2.24) is 15.0 Å². The van der Waals surface area contributed by atoms with Crippen molar-refractivity contribution in [2.75, 3.05) is 16.4 Å². The van der Waals surface area contributed by atoms with Gasteiger partial charge in [0, 0.05) is 0 Å². The molecule has 0 aromatic carbocycles. The van der Waals surface area contributed by atoms with Gasteiger partial charge in [-0.15, -0.1) is 0 Å². The zero-order chi connectivity index (χ0) is 12.8. The molecule has 0 aliphatic carbocycles. The van der Waals surface area contributed by atoms with Crippen LogP contribution in [0.3, 0.4) is 0 Å². The van der Waals surface area contributed by atoms with E-state index in [1.54, 1.807) is 0 Å². The number of nitrogens with one attached hydrogen (secondary N) is 2. The summed E-state index contributed by atoms with van der Waals surface area (Å²) in [6, 6.07) is 0. The maximum absolute atomic E-state index is 5.60. The van der Waals surface area contributed by atoms with E-state index < -0.39 is 12.3 Å². The molecule has 0 spiro atoms. The van der Waals surface area contributed by atoms with Gasteiger partial charge in [0.2, 0.25) is 17.8 Å². The van der Waals surface area contributed by atoms with Crippen LogP contribution in [-0.2, 0) is 0 Å². The number of nitrogens with zero attached hydrogens (tertiary/aromatic N) is 3. The minimum atomic E-state index is -0.474. The van der Waals surface area contributed by atoms with Crippen LogP contribution in [0.5, 0.6) is 0 Å². The van der Waals surface area contributed by atoms with Crippen molar-refractivity contribution in [1.29, 1.82) is 0 Å². The van der Waals surface area contributed by atoms with Crippen LogP contribution in [0.1, 0.15) is 0 Å². The summed E-state index contributed by atoms with van der Waals surface area (Å²) in [6.45, 7) is 7.05. The number of hydrogen-bond acceptors (Lipinski definition) is 8. The van der Waals surface area contributed by atoms with Crippen molar-refractivity contribution in [2.45, 2.75) is 12.3 Å². The fraction of sp³-hybridized carbons (Fsp3) is 0.222. The van der Waals surface area contributed by atoms with Crippen LogP contribution in [0.2, 0.25) is 0 Å². The van der Waals surface area contributed by atoms with E-state index in [-0.39, 0.29) is 17.8 Å². The molecular weight excluding hydrogens is 220 g/mol. The van der Waals surface area contributed by atoms with E-state index in [0.29, 0.717) is 0 Å². The fourth-order valence-corrected chi connectivity index (χ4v) is 0.937. The molecule has 0 aliphatic rings. The quantitative estimate of drug-likeness (QED) is 0.320. The number of nitrogens with two attached hydrogens (primary N) is 3. The molecular formula is C9H16N8. The lowest BCUT2D eigenvalue weighted by Gasteiger charge is -2.12. The van der Waals surface area contributed by atoms with Crippen LogP contribution >= 0.6 is 0 Å². The van der Waals surface area contributed by atoms with Crippen molar-refractivity contribution in [2.24, 2.45) is 11.5 Å². The monoisotopic (exact) mass is 236 g/mol. The van der Waals surface area contributed by atoms with E-state index in [4.69, 9.17) is 17.2 Å². The Kier molecular flexibility index (Phi) is 4.37. The Bertz CT molecular complexity index is 370. The van der Waals surface area contributed by atoms with Crippen LogP contribution in [0.4, 0.5) is 17.8 Å². The van der Waals surface area contributed by atoms with E-state index in [1.807, 2.05) is 0 Å². The minimum Gasteiger partial charge on any atom is -0.368 e. The van der Waals surface area contributed by atoms with Crippen molar-refractivity contribution >= 4 is 17.8 Å². The molecule has 2 unspecified atom stereocenters. The van der Waals surface area contributed by atoms with Gasteiger partial charge in [0.05, 0.1) is 12.3 Å². The molecule has 2 atom stereocenters. The van der Waals surface area contributed by atoms with Crippen LogP contribution in [0.15, 0.2) is 25.3 Å². The number of rotatable bonds is 6. The number of hydrogen-bond donors (Lipinski definition) is 5. The van der Waals surface area contributed by atoms with Gasteiger partial charge >= 0.3 is 0 Å². The third-order valence-corrected chi connectivity index (χ3v) is 1.75. The minimum absolute atomic E-state index is 0.0533. The molecule has 1 aromatic rings. The van der Waals surface area contributed by atoms with Gasteiger partial charge in [-0.25, -0.2) is 0 Å². The topological polar surface area (TPSA) is 141 Å². The van der Waals surface area contributed by atoms with E-state index in [0.717, 1.165) is 0 Å². The Balaban J connectivity index is 2.85. The molecule has 0 aliphatic heterocycles. The van der Waals surface area contributed by atoms with Crippen molar-refractivity contribution < 1.29 is 0 Å². The van der Waals surface area contributed by atoms with Gasteiger partial charge in [0.1, 0.15) is 0 Å². The molecule has 1 rings (SSSR count). The summed E-state index contributed by atoms with van der Waals surface area (Å²) in [7, 11) is 0. The molecule has 0 saturated heterocycles. The van der Waals surface area contributed by atoms with E-state index in [9.17, 15) is 0 Å². The van der Waals surface area contributed by atoms with Crippen LogP contribution in [-0.4, -0.2) is 27.3 Å². The molecule has 8 nitrogen and oxygen atoms in total. The summed E-state index contributed by atoms with van der Waals surface area (Å²) in [5.41, 5.74) is 16.7. The second kappa shape index (κ2) is 5.77. The summed E-state index contributed by atoms with van der Waals surface area (Å²) in [4.78, 5) is 11.8. The Labute approximate surface area is 99.0 Å². The smallest absolute Gasteiger partial charge is 0.230 e. The summed E-state index contributed by atoms with van der Waals surface area (Å²) in [5.74, 6) is 0.532. The molecule has 8 N–H and O–H groups in total. The molecule has 0 amide bonds. The molecule has 1 heterocycles. The maximum atomic E-state index is 5.60. The zero-order valence-corrected chi connectivity index (χ0v) is 9.30. The predicted octanol–water partition coefficient (Wildman–Crippen LogP) is -0.781. The van der Waals surface area contributed by atoms with Gasteiger partial charge in [-0.3, -0.25) is 0 Å². The lowest BCUT2D eigenvalue weighted by molar-refractivity contribution is 0.881. The maximum Gasteiger partial charge on any atom is 0.230 e. The predicted molar refractivity (Wildman–Crippen MR) is 67.8 cm³/mol. The van der Waals surface area contributed by atoms with E-state index >= 15 is 0 Å². The van der Waals surface area contributed by atoms with Crippen LogP contribution in [0.25, 0.3) is 0 Å². The lowest BCUT2D eigenvalue weighted by atomic mass is 10.5. The van der Waals surface area contributed by atoms with Gasteiger partial charge in [0.25, 0.3) is 0 Å². The third kappa shape index (κ3) is 4.05. The average Bonchev–Trinajstić information content (AvgIpc) is 2.27. The summed E-state index contributed by atoms with van der Waals surface area (Å²) in [5, 5.41) is 5.55. The highest BCUT2D eigenvalue weighted by atomic mass is 15.3. The van der Waals surface area contributed by atoms with Gasteiger partial charge in [-0.1, -0.05) is 25.3 Å². The standard InChI is InChI=1S/C9H16N8/c1-3-5(10)13-8-15-7(12)16-9(17-8)14-6(11)4-2/h3-6H,1-2,10-11H2,(H4,12,13,14,15,16,17). The first-order valence-corrected chi connectivity index (χ1v) is 4.86. The number of nitrogen functional groups attached to an aromatic ring is 1. The van der Waals surface area contributed by atoms with Crippen molar-refractivity contribution in [3.05, 3.63) is 25.3 Å². The first kappa shape index (κ1) is 12.9. The third-order valence-electron chi connectivity index (χ3n) is 1.75. The Hall–Kier alpha value is -2.19. The zero-order valence-electron chi connectivity index (χ0n) is 9.30. The Morgan fingerprint density at radius 3 is 1.71 bits per heavy atom. The second-order valence-electron chi connectivity index (χ2n) is 3.15. The normalized spacial score (nSPS) is 13.5. The van der Waals surface area contributed by atoms with Gasteiger partial charge in [-0.05, 0) is 0 Å². The first-order valence-electron chi connectivity index (χ1n) is 4.86. The lowest BCUT2D eigenvalue weighted by Crippen LogP contribution is -2.30. The molecule has 0 bridgehead atoms. The highest BCUT2D eigenvalue weighted by Crippen LogP contribution is 2.07. The van der Waals surface area contributed by atoms with Crippen molar-refractivity contribution in [3.8, 4) is 0 Å². The Morgan fingerprint density at radius 1 is 0.941 bits per heavy atom. The molecule has 0 radical (unpaired) electrons. The molecule has 1 aromatic heterocycles. The van der Waals surface area contributed by atoms with Crippen LogP contribution in [0, 0.1) is 0 Å². The molecule has 0 saturated carbocycles. The molecule has 0 fully saturated rings. The fourth-order valence-electron chi connectivity index (χ4n) is 0.937. The van der Waals surface area contributed by atoms with Crippen molar-refractivity contribution in [3.63, 3.8) is 0 Å². The molecule has 8 heteroatoms. The van der Waals surface area contributed by atoms with Crippen LogP contribution < -0.4 is 27.8 Å². The summed E-state index contributed by atoms with van der Waals surface area (Å²) in [6.07, 6.45) is 2.06. The van der Waals surface area contributed by atoms with E-state index in [2.05, 4.69) is 38.7 Å². The number of anilines is 3. The Morgan fingerprint density at radius 2 is 1.35 bits per heavy atom. The van der Waals surface area contributed by atoms with E-state index in [1.165, 1.54) is 12.2 Å². The van der Waals surface area contributed by atoms with Gasteiger partial charge in [-0.2, -0.15) is 15.0 Å². The highest BCUT2D eigenvalue weighted by Gasteiger charge is 2.07. The number of aromatic nitrogens is 3. The summed E-state index contributed by atoms with van der Waals surface area (Å²) >= 11 is 0. The van der Waals surface area contributed by atoms with Gasteiger partial charge in [0.15, 0.2) is 0 Å². The average molecular weight is 236 g/mol. The van der Waals surface area contributed by atoms with Gasteiger partial charge < -0.3 is 27.8 Å². The molecule has 92 valence electrons. The largest absolute Gasteiger partial charge is 0.368 e. The highest BCUT2D eigenvalue weighted by molar-refractivity contribution is 5.41. The molecule has 17 heavy (non-hydrogen) atoms. The SMILES string of the molecule is C=CC(N)Nc1nc(N)nc(NC(N)C=C)n1. The summed E-state index contributed by atoms with van der Waals surface area (Å²) < 4.78 is 0. The first-order chi connectivity index (χ1) is 8.05.